The number of hydrogen-bond donors (Lipinski definition) is 0. The van der Waals surface area contributed by atoms with Crippen LogP contribution in [0.5, 0.6) is 0 Å². The summed E-state index contributed by atoms with van der Waals surface area (Å²) in [5.74, 6) is 0.743. The van der Waals surface area contributed by atoms with Crippen molar-refractivity contribution in [2.45, 2.75) is 45.4 Å². The Morgan fingerprint density at radius 3 is 2.33 bits per heavy atom. The molecule has 0 aromatic heterocycles. The Bertz CT molecular complexity index is 315. The molecule has 1 aromatic rings. The van der Waals surface area contributed by atoms with E-state index in [4.69, 9.17) is 0 Å². The number of halogens is 1. The van der Waals surface area contributed by atoms with Crippen molar-refractivity contribution in [3.8, 4) is 0 Å². The summed E-state index contributed by atoms with van der Waals surface area (Å²) in [6.45, 7) is 8.87. The third-order valence-corrected chi connectivity index (χ3v) is 3.99. The van der Waals surface area contributed by atoms with E-state index in [0.717, 1.165) is 5.92 Å². The van der Waals surface area contributed by atoms with Gasteiger partial charge in [-0.05, 0) is 42.9 Å². The van der Waals surface area contributed by atoms with Crippen molar-refractivity contribution in [3.63, 3.8) is 0 Å². The van der Waals surface area contributed by atoms with Crippen molar-refractivity contribution in [1.29, 1.82) is 0 Å². The summed E-state index contributed by atoms with van der Waals surface area (Å²) < 4.78 is 0. The molecule has 1 heteroatoms. The second-order valence-electron chi connectivity index (χ2n) is 4.47. The molecule has 0 saturated heterocycles. The van der Waals surface area contributed by atoms with E-state index >= 15 is 0 Å². The van der Waals surface area contributed by atoms with Crippen LogP contribution in [0.1, 0.15) is 37.0 Å². The maximum Gasteiger partial charge on any atom is 0.0148 e. The van der Waals surface area contributed by atoms with Crippen LogP contribution >= 0.6 is 15.9 Å². The predicted octanol–water partition coefficient (Wildman–Crippen LogP) is 4.66. The van der Waals surface area contributed by atoms with Crippen LogP contribution in [0.3, 0.4) is 0 Å². The van der Waals surface area contributed by atoms with E-state index < -0.39 is 0 Å². The smallest absolute Gasteiger partial charge is 0.0148 e. The van der Waals surface area contributed by atoms with Crippen molar-refractivity contribution in [1.82, 2.24) is 0 Å². The Balaban J connectivity index is 2.75. The first-order valence-corrected chi connectivity index (χ1v) is 6.66. The van der Waals surface area contributed by atoms with Gasteiger partial charge in [-0.25, -0.2) is 0 Å². The van der Waals surface area contributed by atoms with E-state index in [1.807, 2.05) is 0 Å². The van der Waals surface area contributed by atoms with Crippen LogP contribution in [0.4, 0.5) is 0 Å². The average Bonchev–Trinajstić information content (AvgIpc) is 2.19. The number of aryl methyl sites for hydroxylation is 2. The van der Waals surface area contributed by atoms with Crippen molar-refractivity contribution in [3.05, 3.63) is 34.9 Å². The Kier molecular flexibility index (Phi) is 4.85. The molecule has 0 radical (unpaired) electrons. The summed E-state index contributed by atoms with van der Waals surface area (Å²) in [7, 11) is 0. The summed E-state index contributed by atoms with van der Waals surface area (Å²) in [4.78, 5) is 0.601. The molecule has 0 heterocycles. The Labute approximate surface area is 102 Å². The molecule has 0 fully saturated rings. The number of rotatable bonds is 4. The molecule has 2 atom stereocenters. The van der Waals surface area contributed by atoms with Gasteiger partial charge in [-0.15, -0.1) is 0 Å². The minimum Gasteiger partial charge on any atom is -0.0891 e. The van der Waals surface area contributed by atoms with Crippen LogP contribution in [0, 0.1) is 19.8 Å². The second kappa shape index (κ2) is 5.69. The molecule has 0 saturated carbocycles. The van der Waals surface area contributed by atoms with Crippen molar-refractivity contribution < 1.29 is 0 Å². The molecule has 0 spiro atoms. The molecule has 84 valence electrons. The lowest BCUT2D eigenvalue weighted by molar-refractivity contribution is 0.508. The molecule has 0 aliphatic rings. The predicted molar refractivity (Wildman–Crippen MR) is 71.8 cm³/mol. The molecule has 0 N–H and O–H groups in total. The summed E-state index contributed by atoms with van der Waals surface area (Å²) in [6, 6.07) is 6.82. The Morgan fingerprint density at radius 2 is 1.87 bits per heavy atom. The fourth-order valence-electron chi connectivity index (χ4n) is 1.86. The highest BCUT2D eigenvalue weighted by molar-refractivity contribution is 9.09. The van der Waals surface area contributed by atoms with Gasteiger partial charge in [0.1, 0.15) is 0 Å². The van der Waals surface area contributed by atoms with Crippen LogP contribution < -0.4 is 0 Å². The van der Waals surface area contributed by atoms with Crippen LogP contribution in [0.15, 0.2) is 18.2 Å². The topological polar surface area (TPSA) is 0 Å². The lowest BCUT2D eigenvalue weighted by Gasteiger charge is -2.18. The highest BCUT2D eigenvalue weighted by Crippen LogP contribution is 2.22. The van der Waals surface area contributed by atoms with Gasteiger partial charge in [0.05, 0.1) is 0 Å². The lowest BCUT2D eigenvalue weighted by atomic mass is 9.93. The first-order chi connectivity index (χ1) is 7.04. The van der Waals surface area contributed by atoms with Gasteiger partial charge in [0.25, 0.3) is 0 Å². The van der Waals surface area contributed by atoms with Gasteiger partial charge in [0, 0.05) is 4.83 Å². The molecule has 1 aromatic carbocycles. The number of alkyl halides is 1. The maximum atomic E-state index is 3.69. The van der Waals surface area contributed by atoms with Gasteiger partial charge >= 0.3 is 0 Å². The zero-order chi connectivity index (χ0) is 11.4. The van der Waals surface area contributed by atoms with Crippen molar-refractivity contribution in [2.75, 3.05) is 0 Å². The minimum atomic E-state index is 0.601. The maximum absolute atomic E-state index is 3.69. The normalized spacial score (nSPS) is 15.0. The third-order valence-electron chi connectivity index (χ3n) is 3.24. The SMILES string of the molecule is CCC(Cc1ccc(C)c(C)c1)C(C)Br. The van der Waals surface area contributed by atoms with Crippen LogP contribution in [-0.4, -0.2) is 4.83 Å². The number of hydrogen-bond acceptors (Lipinski definition) is 0. The largest absolute Gasteiger partial charge is 0.0891 e. The molecule has 0 aliphatic heterocycles. The second-order valence-corrected chi connectivity index (χ2v) is 5.91. The fraction of sp³-hybridized carbons (Fsp3) is 0.571. The average molecular weight is 269 g/mol. The number of benzene rings is 1. The zero-order valence-corrected chi connectivity index (χ0v) is 11.8. The van der Waals surface area contributed by atoms with Gasteiger partial charge in [-0.1, -0.05) is 54.4 Å². The standard InChI is InChI=1S/C14H21Br/c1-5-14(12(4)15)9-13-7-6-10(2)11(3)8-13/h6-8,12,14H,5,9H2,1-4H3. The van der Waals surface area contributed by atoms with Crippen LogP contribution in [0.25, 0.3) is 0 Å². The van der Waals surface area contributed by atoms with Crippen molar-refractivity contribution in [2.24, 2.45) is 5.92 Å². The van der Waals surface area contributed by atoms with Gasteiger partial charge in [-0.2, -0.15) is 0 Å². The quantitative estimate of drug-likeness (QED) is 0.697. The lowest BCUT2D eigenvalue weighted by Crippen LogP contribution is -2.13. The highest BCUT2D eigenvalue weighted by Gasteiger charge is 2.13. The molecule has 0 aliphatic carbocycles. The molecule has 0 nitrogen and oxygen atoms in total. The van der Waals surface area contributed by atoms with E-state index in [0.29, 0.717) is 4.83 Å². The van der Waals surface area contributed by atoms with Crippen LogP contribution in [0.2, 0.25) is 0 Å². The third kappa shape index (κ3) is 3.64. The summed E-state index contributed by atoms with van der Waals surface area (Å²) in [5.41, 5.74) is 4.26. The van der Waals surface area contributed by atoms with Gasteiger partial charge in [0.15, 0.2) is 0 Å². The molecule has 0 bridgehead atoms. The molecule has 0 amide bonds. The van der Waals surface area contributed by atoms with Gasteiger partial charge in [0.2, 0.25) is 0 Å². The summed E-state index contributed by atoms with van der Waals surface area (Å²) >= 11 is 3.69. The van der Waals surface area contributed by atoms with E-state index in [2.05, 4.69) is 61.8 Å². The molecular formula is C14H21Br. The first kappa shape index (κ1) is 12.8. The van der Waals surface area contributed by atoms with E-state index in [1.165, 1.54) is 29.5 Å². The Hall–Kier alpha value is -0.300. The molecule has 15 heavy (non-hydrogen) atoms. The van der Waals surface area contributed by atoms with Crippen molar-refractivity contribution >= 4 is 15.9 Å². The van der Waals surface area contributed by atoms with E-state index in [9.17, 15) is 0 Å². The van der Waals surface area contributed by atoms with E-state index in [-0.39, 0.29) is 0 Å². The fourth-order valence-corrected chi connectivity index (χ4v) is 2.43. The monoisotopic (exact) mass is 268 g/mol. The molecule has 1 rings (SSSR count). The zero-order valence-electron chi connectivity index (χ0n) is 10.2. The van der Waals surface area contributed by atoms with Gasteiger partial charge < -0.3 is 0 Å². The van der Waals surface area contributed by atoms with E-state index in [1.54, 1.807) is 0 Å². The Morgan fingerprint density at radius 1 is 1.20 bits per heavy atom. The minimum absolute atomic E-state index is 0.601. The summed E-state index contributed by atoms with van der Waals surface area (Å²) in [6.07, 6.45) is 2.42. The molecular weight excluding hydrogens is 248 g/mol. The van der Waals surface area contributed by atoms with Crippen LogP contribution in [-0.2, 0) is 6.42 Å². The highest BCUT2D eigenvalue weighted by atomic mass is 79.9. The summed E-state index contributed by atoms with van der Waals surface area (Å²) in [5, 5.41) is 0. The first-order valence-electron chi connectivity index (χ1n) is 5.74. The van der Waals surface area contributed by atoms with Gasteiger partial charge in [-0.3, -0.25) is 0 Å². The molecule has 2 unspecified atom stereocenters.